The van der Waals surface area contributed by atoms with E-state index >= 15 is 0 Å². The molecule has 10 heteroatoms. The molecule has 0 radical (unpaired) electrons. The number of alkyl halides is 2. The molecule has 0 spiro atoms. The van der Waals surface area contributed by atoms with Crippen LogP contribution in [0.25, 0.3) is 22.2 Å². The third kappa shape index (κ3) is 4.00. The van der Waals surface area contributed by atoms with Crippen LogP contribution in [-0.4, -0.2) is 47.3 Å². The molecule has 0 N–H and O–H groups in total. The van der Waals surface area contributed by atoms with Crippen LogP contribution in [0.4, 0.5) is 13.2 Å². The minimum Gasteiger partial charge on any atom is -0.434 e. The number of aromatic nitrogens is 2. The zero-order chi connectivity index (χ0) is 26.9. The lowest BCUT2D eigenvalue weighted by Gasteiger charge is -2.24. The van der Waals surface area contributed by atoms with Crippen LogP contribution >= 0.6 is 7.14 Å². The first-order valence-corrected chi connectivity index (χ1v) is 15.0. The third-order valence-corrected chi connectivity index (χ3v) is 8.45. The van der Waals surface area contributed by atoms with Gasteiger partial charge in [-0.15, -0.1) is 0 Å². The molecule has 0 saturated heterocycles. The maximum absolute atomic E-state index is 14.9. The quantitative estimate of drug-likeness (QED) is 0.265. The summed E-state index contributed by atoms with van der Waals surface area (Å²) in [4.78, 5) is 19.7. The molecule has 0 fully saturated rings. The molecule has 2 bridgehead atoms. The van der Waals surface area contributed by atoms with E-state index in [1.807, 2.05) is 22.8 Å². The number of carbonyl (C=O) groups excluding carboxylic acids is 1. The molecule has 3 aromatic carbocycles. The third-order valence-electron chi connectivity index (χ3n) is 7.34. The second kappa shape index (κ2) is 8.73. The number of benzene rings is 3. The first-order valence-electron chi connectivity index (χ1n) is 12.2. The average molecular weight is 539 g/mol. The summed E-state index contributed by atoms with van der Waals surface area (Å²) in [5.41, 5.74) is 3.99. The van der Waals surface area contributed by atoms with Gasteiger partial charge in [0.25, 0.3) is 5.91 Å². The maximum atomic E-state index is 14.9. The number of amides is 1. The highest BCUT2D eigenvalue weighted by molar-refractivity contribution is 7.61. The molecule has 6 rings (SSSR count). The average Bonchev–Trinajstić information content (AvgIpc) is 3.37. The Morgan fingerprint density at radius 3 is 2.53 bits per heavy atom. The van der Waals surface area contributed by atoms with Crippen molar-refractivity contribution in [1.29, 1.82) is 0 Å². The highest BCUT2D eigenvalue weighted by Gasteiger charge is 2.45. The van der Waals surface area contributed by atoms with Crippen LogP contribution in [-0.2, 0) is 10.7 Å². The molecule has 38 heavy (non-hydrogen) atoms. The van der Waals surface area contributed by atoms with Crippen LogP contribution in [0.3, 0.4) is 0 Å². The largest absolute Gasteiger partial charge is 0.434 e. The summed E-state index contributed by atoms with van der Waals surface area (Å²) in [6.07, 6.45) is 0.658. The monoisotopic (exact) mass is 539 g/mol. The zero-order valence-electron chi connectivity index (χ0n) is 21.0. The Hall–Kier alpha value is -3.58. The lowest BCUT2D eigenvalue weighted by molar-refractivity contribution is -0.0507. The van der Waals surface area contributed by atoms with Gasteiger partial charge < -0.3 is 18.8 Å². The summed E-state index contributed by atoms with van der Waals surface area (Å²) in [6, 6.07) is 14.3. The summed E-state index contributed by atoms with van der Waals surface area (Å²) in [5, 5.41) is 0. The molecule has 6 nitrogen and oxygen atoms in total. The second-order valence-corrected chi connectivity index (χ2v) is 13.8. The van der Waals surface area contributed by atoms with Crippen LogP contribution in [0.5, 0.6) is 5.75 Å². The van der Waals surface area contributed by atoms with E-state index < -0.39 is 25.6 Å². The van der Waals surface area contributed by atoms with Gasteiger partial charge in [0.2, 0.25) is 0 Å². The van der Waals surface area contributed by atoms with Crippen molar-refractivity contribution >= 4 is 24.1 Å². The topological polar surface area (TPSA) is 64.4 Å². The van der Waals surface area contributed by atoms with E-state index in [9.17, 15) is 22.5 Å². The Balaban J connectivity index is 1.50. The van der Waals surface area contributed by atoms with Crippen molar-refractivity contribution in [3.05, 3.63) is 82.9 Å². The minimum absolute atomic E-state index is 0.0300. The van der Waals surface area contributed by atoms with Gasteiger partial charge in [0.1, 0.15) is 17.4 Å². The van der Waals surface area contributed by atoms with Gasteiger partial charge in [-0.3, -0.25) is 4.79 Å². The van der Waals surface area contributed by atoms with Crippen molar-refractivity contribution in [2.24, 2.45) is 0 Å². The van der Waals surface area contributed by atoms with Crippen molar-refractivity contribution in [2.45, 2.75) is 31.3 Å². The number of ether oxygens (including phenoxy) is 1. The van der Waals surface area contributed by atoms with Crippen molar-refractivity contribution < 1.29 is 27.3 Å². The molecule has 0 unspecified atom stereocenters. The van der Waals surface area contributed by atoms with Gasteiger partial charge in [0.05, 0.1) is 30.3 Å². The van der Waals surface area contributed by atoms with Gasteiger partial charge >= 0.3 is 6.61 Å². The Morgan fingerprint density at radius 2 is 1.82 bits per heavy atom. The molecule has 2 aliphatic heterocycles. The molecule has 1 aromatic heterocycles. The smallest absolute Gasteiger partial charge is 0.387 e. The Bertz CT molecular complexity index is 1660. The lowest BCUT2D eigenvalue weighted by Crippen LogP contribution is -2.30. The molecule has 0 aliphatic carbocycles. The molecule has 2 atom stereocenters. The van der Waals surface area contributed by atoms with Gasteiger partial charge in [0, 0.05) is 30.8 Å². The van der Waals surface area contributed by atoms with Crippen molar-refractivity contribution in [3.63, 3.8) is 0 Å². The lowest BCUT2D eigenvalue weighted by atomic mass is 9.97. The van der Waals surface area contributed by atoms with E-state index in [2.05, 4.69) is 0 Å². The van der Waals surface area contributed by atoms with Crippen molar-refractivity contribution in [3.8, 4) is 16.9 Å². The maximum Gasteiger partial charge on any atom is 0.387 e. The molecular weight excluding hydrogens is 514 g/mol. The van der Waals surface area contributed by atoms with E-state index in [0.717, 1.165) is 11.1 Å². The summed E-state index contributed by atoms with van der Waals surface area (Å²) >= 11 is 0. The van der Waals surface area contributed by atoms with Gasteiger partial charge in [0.15, 0.2) is 0 Å². The number of carbonyl (C=O) groups is 1. The van der Waals surface area contributed by atoms with Crippen LogP contribution in [0.15, 0.2) is 54.6 Å². The van der Waals surface area contributed by atoms with Crippen molar-refractivity contribution in [2.75, 3.05) is 20.4 Å². The van der Waals surface area contributed by atoms with Crippen LogP contribution < -0.4 is 4.74 Å². The Morgan fingerprint density at radius 1 is 1.08 bits per heavy atom. The van der Waals surface area contributed by atoms with Crippen LogP contribution in [0.1, 0.15) is 45.8 Å². The van der Waals surface area contributed by atoms with Crippen molar-refractivity contribution in [1.82, 2.24) is 14.5 Å². The molecular formula is C28H25F3N3O3P. The number of halogens is 3. The number of hydrogen-bond acceptors (Lipinski definition) is 4. The molecule has 0 saturated carbocycles. The SMILES string of the molecule is CN1C(=O)c2cccc(OC(F)F)c2[C@H]2C[C@@H]1c1nc3ccc(-c4ccc(CP(C)(C)=O)c(F)c4)cc3n12. The predicted octanol–water partition coefficient (Wildman–Crippen LogP) is 6.69. The predicted molar refractivity (Wildman–Crippen MR) is 139 cm³/mol. The van der Waals surface area contributed by atoms with E-state index in [0.29, 0.717) is 40.0 Å². The highest BCUT2D eigenvalue weighted by Crippen LogP contribution is 2.50. The van der Waals surface area contributed by atoms with E-state index in [-0.39, 0.29) is 23.9 Å². The first kappa shape index (κ1) is 24.7. The zero-order valence-corrected chi connectivity index (χ0v) is 21.9. The number of nitrogens with zero attached hydrogens (tertiary/aromatic N) is 3. The molecule has 1 amide bonds. The van der Waals surface area contributed by atoms with Gasteiger partial charge in [-0.1, -0.05) is 24.3 Å². The minimum atomic E-state index is -3.03. The van der Waals surface area contributed by atoms with E-state index in [4.69, 9.17) is 9.72 Å². The number of hydrogen-bond donors (Lipinski definition) is 0. The molecule has 2 aliphatic rings. The van der Waals surface area contributed by atoms with Gasteiger partial charge in [-0.05, 0) is 60.4 Å². The van der Waals surface area contributed by atoms with Crippen LogP contribution in [0.2, 0.25) is 0 Å². The Kier molecular flexibility index (Phi) is 5.69. The molecule has 4 aromatic rings. The fourth-order valence-electron chi connectivity index (χ4n) is 5.72. The Labute approximate surface area is 217 Å². The molecule has 3 heterocycles. The summed E-state index contributed by atoms with van der Waals surface area (Å²) < 4.78 is 60.6. The summed E-state index contributed by atoms with van der Waals surface area (Å²) in [6.45, 7) is 0.231. The number of imidazole rings is 1. The summed E-state index contributed by atoms with van der Waals surface area (Å²) in [5.74, 6) is -0.0538. The summed E-state index contributed by atoms with van der Waals surface area (Å²) in [7, 11) is -0.745. The number of rotatable bonds is 5. The first-order chi connectivity index (χ1) is 18.0. The standard InChI is InChI=1S/C28H25F3N3O3P/c1-33-23-13-22(25-18(27(33)35)5-4-6-24(25)37-28(30)31)34-21-12-16(9-10-20(21)32-26(23)34)15-7-8-17(19(29)11-15)14-38(2,3)36/h4-12,22-23,28H,13-14H2,1-3H3/t22-,23-/m1/s1. The number of fused-ring (bicyclic) bond motifs is 9. The van der Waals surface area contributed by atoms with Gasteiger partial charge in [-0.2, -0.15) is 8.78 Å². The molecule has 196 valence electrons. The highest BCUT2D eigenvalue weighted by atomic mass is 31.2. The van der Waals surface area contributed by atoms with Crippen LogP contribution in [0, 0.1) is 5.82 Å². The van der Waals surface area contributed by atoms with E-state index in [1.54, 1.807) is 49.5 Å². The normalized spacial score (nSPS) is 18.6. The fraction of sp³-hybridized carbons (Fsp3) is 0.286. The second-order valence-electron chi connectivity index (χ2n) is 10.4. The van der Waals surface area contributed by atoms with E-state index in [1.165, 1.54) is 12.1 Å². The fourth-order valence-corrected chi connectivity index (χ4v) is 6.80. The van der Waals surface area contributed by atoms with Gasteiger partial charge in [-0.25, -0.2) is 9.37 Å².